The minimum Gasteiger partial charge on any atom is -0.497 e. The highest BCUT2D eigenvalue weighted by Crippen LogP contribution is 2.53. The van der Waals surface area contributed by atoms with E-state index in [4.69, 9.17) is 14.2 Å². The summed E-state index contributed by atoms with van der Waals surface area (Å²) in [4.78, 5) is 54.2. The summed E-state index contributed by atoms with van der Waals surface area (Å²) in [7, 11) is 4.31. The quantitative estimate of drug-likeness (QED) is 0.339. The first-order valence-electron chi connectivity index (χ1n) is 11.8. The second kappa shape index (κ2) is 9.73. The molecule has 0 aromatic heterocycles. The van der Waals surface area contributed by atoms with Crippen molar-refractivity contribution < 1.29 is 33.4 Å². The van der Waals surface area contributed by atoms with Crippen LogP contribution in [0.1, 0.15) is 48.7 Å². The summed E-state index contributed by atoms with van der Waals surface area (Å²) in [5.41, 5.74) is -0.119. The number of Topliss-reactive ketones (excluding diaryl/α,β-unsaturated/α-hetero) is 1. The number of carbonyl (C=O) groups is 4. The van der Waals surface area contributed by atoms with Crippen LogP contribution in [0.3, 0.4) is 0 Å². The zero-order chi connectivity index (χ0) is 26.2. The predicted molar refractivity (Wildman–Crippen MR) is 131 cm³/mol. The summed E-state index contributed by atoms with van der Waals surface area (Å²) in [5.74, 6) is -2.63. The number of ether oxygens (including phenoxy) is 3. The molecule has 190 valence electrons. The molecular weight excluding hydrogens is 464 g/mol. The van der Waals surface area contributed by atoms with E-state index < -0.39 is 41.2 Å². The minimum absolute atomic E-state index is 0.187. The molecule has 9 nitrogen and oxygen atoms in total. The molecule has 4 atom stereocenters. The van der Waals surface area contributed by atoms with E-state index in [2.05, 4.69) is 5.32 Å². The number of carbonyl (C=O) groups excluding carboxylic acids is 4. The van der Waals surface area contributed by atoms with Crippen LogP contribution in [0.15, 0.2) is 42.5 Å². The summed E-state index contributed by atoms with van der Waals surface area (Å²) in [6.07, 6.45) is 0.856. The van der Waals surface area contributed by atoms with Crippen LogP contribution in [0.2, 0.25) is 0 Å². The Morgan fingerprint density at radius 3 is 2.39 bits per heavy atom. The standard InChI is InChI=1S/C27H30N2O7/c1-6-12-27(26(33)36-5)22-21(23(28-27)19-11-10-18(34-3)14-20(19)35-4)24(31)29(25(22)32)17-9-7-8-16(13-17)15(2)30/h7-11,13-14,21-23,28H,6,12H2,1-5H3/t21-,22-,23-,27-/m0/s1. The van der Waals surface area contributed by atoms with Crippen LogP contribution in [-0.4, -0.2) is 50.4 Å². The van der Waals surface area contributed by atoms with Gasteiger partial charge in [-0.25, -0.2) is 4.90 Å². The molecule has 0 bridgehead atoms. The van der Waals surface area contributed by atoms with Crippen molar-refractivity contribution in [1.29, 1.82) is 0 Å². The number of methoxy groups -OCH3 is 3. The molecule has 2 fully saturated rings. The largest absolute Gasteiger partial charge is 0.497 e. The van der Waals surface area contributed by atoms with Gasteiger partial charge >= 0.3 is 5.97 Å². The Morgan fingerprint density at radius 1 is 1.03 bits per heavy atom. The van der Waals surface area contributed by atoms with Crippen molar-refractivity contribution in [3.8, 4) is 11.5 Å². The first kappa shape index (κ1) is 25.4. The number of benzene rings is 2. The SMILES string of the molecule is CCC[C@]1(C(=O)OC)N[C@@H](c2ccc(OC)cc2OC)[C@H]2C(=O)N(c3cccc(C(C)=O)c3)C(=O)[C@H]21. The maximum Gasteiger partial charge on any atom is 0.326 e. The second-order valence-electron chi connectivity index (χ2n) is 9.06. The Balaban J connectivity index is 1.90. The first-order valence-corrected chi connectivity index (χ1v) is 11.8. The minimum atomic E-state index is -1.41. The summed E-state index contributed by atoms with van der Waals surface area (Å²) in [6.45, 7) is 3.32. The first-order chi connectivity index (χ1) is 17.2. The lowest BCUT2D eigenvalue weighted by Crippen LogP contribution is -2.56. The highest BCUT2D eigenvalue weighted by Gasteiger charge is 2.68. The number of hydrogen-bond acceptors (Lipinski definition) is 8. The topological polar surface area (TPSA) is 111 Å². The molecule has 2 heterocycles. The summed E-state index contributed by atoms with van der Waals surface area (Å²) in [6, 6.07) is 10.9. The fraction of sp³-hybridized carbons (Fsp3) is 0.407. The van der Waals surface area contributed by atoms with E-state index in [9.17, 15) is 19.2 Å². The van der Waals surface area contributed by atoms with Crippen molar-refractivity contribution in [2.75, 3.05) is 26.2 Å². The van der Waals surface area contributed by atoms with Gasteiger partial charge in [0, 0.05) is 23.2 Å². The number of nitrogens with one attached hydrogen (secondary N) is 1. The summed E-state index contributed by atoms with van der Waals surface area (Å²) < 4.78 is 16.1. The maximum absolute atomic E-state index is 14.0. The number of anilines is 1. The molecule has 2 amide bonds. The van der Waals surface area contributed by atoms with E-state index in [1.165, 1.54) is 34.3 Å². The lowest BCUT2D eigenvalue weighted by atomic mass is 9.77. The molecule has 0 radical (unpaired) electrons. The third-order valence-electron chi connectivity index (χ3n) is 7.13. The van der Waals surface area contributed by atoms with Crippen molar-refractivity contribution >= 4 is 29.3 Å². The molecule has 2 saturated heterocycles. The molecule has 2 aromatic carbocycles. The molecule has 2 aliphatic heterocycles. The molecule has 0 aliphatic carbocycles. The normalized spacial score (nSPS) is 25.0. The van der Waals surface area contributed by atoms with Gasteiger partial charge in [0.15, 0.2) is 5.78 Å². The fourth-order valence-corrected chi connectivity index (χ4v) is 5.56. The van der Waals surface area contributed by atoms with Crippen molar-refractivity contribution in [1.82, 2.24) is 5.32 Å². The van der Waals surface area contributed by atoms with Gasteiger partial charge < -0.3 is 14.2 Å². The third kappa shape index (κ3) is 3.83. The number of imide groups is 1. The van der Waals surface area contributed by atoms with Crippen molar-refractivity contribution in [2.45, 2.75) is 38.3 Å². The van der Waals surface area contributed by atoms with Gasteiger partial charge in [0.25, 0.3) is 0 Å². The molecular formula is C27H30N2O7. The number of ketones is 1. The smallest absolute Gasteiger partial charge is 0.326 e. The fourth-order valence-electron chi connectivity index (χ4n) is 5.56. The molecule has 2 aliphatic rings. The Bertz CT molecular complexity index is 1230. The van der Waals surface area contributed by atoms with Crippen molar-refractivity contribution in [3.63, 3.8) is 0 Å². The molecule has 9 heteroatoms. The highest BCUT2D eigenvalue weighted by atomic mass is 16.5. The van der Waals surface area contributed by atoms with Crippen LogP contribution in [-0.2, 0) is 19.1 Å². The molecule has 4 rings (SSSR count). The summed E-state index contributed by atoms with van der Waals surface area (Å²) >= 11 is 0. The Hall–Kier alpha value is -3.72. The van der Waals surface area contributed by atoms with E-state index in [0.717, 1.165) is 4.90 Å². The highest BCUT2D eigenvalue weighted by molar-refractivity contribution is 6.24. The van der Waals surface area contributed by atoms with Crippen molar-refractivity contribution in [2.24, 2.45) is 11.8 Å². The number of fused-ring (bicyclic) bond motifs is 1. The van der Waals surface area contributed by atoms with Crippen LogP contribution < -0.4 is 19.7 Å². The zero-order valence-corrected chi connectivity index (χ0v) is 21.0. The number of rotatable bonds is 8. The van der Waals surface area contributed by atoms with Gasteiger partial charge in [-0.3, -0.25) is 24.5 Å². The van der Waals surface area contributed by atoms with Gasteiger partial charge in [0.2, 0.25) is 11.8 Å². The molecule has 1 N–H and O–H groups in total. The van der Waals surface area contributed by atoms with Crippen LogP contribution in [0.4, 0.5) is 5.69 Å². The summed E-state index contributed by atoms with van der Waals surface area (Å²) in [5, 5.41) is 3.33. The van der Waals surface area contributed by atoms with Gasteiger partial charge in [0.1, 0.15) is 17.0 Å². The number of amides is 2. The van der Waals surface area contributed by atoms with Gasteiger partial charge in [-0.05, 0) is 31.5 Å². The molecule has 0 unspecified atom stereocenters. The predicted octanol–water partition coefficient (Wildman–Crippen LogP) is 3.07. The molecule has 36 heavy (non-hydrogen) atoms. The van der Waals surface area contributed by atoms with Gasteiger partial charge in [-0.15, -0.1) is 0 Å². The zero-order valence-electron chi connectivity index (χ0n) is 21.0. The lowest BCUT2D eigenvalue weighted by molar-refractivity contribution is -0.152. The van der Waals surface area contributed by atoms with Crippen molar-refractivity contribution in [3.05, 3.63) is 53.6 Å². The van der Waals surface area contributed by atoms with E-state index in [1.807, 2.05) is 6.92 Å². The van der Waals surface area contributed by atoms with Crippen LogP contribution in [0, 0.1) is 11.8 Å². The van der Waals surface area contributed by atoms with E-state index >= 15 is 0 Å². The average Bonchev–Trinajstić information content (AvgIpc) is 3.36. The lowest BCUT2D eigenvalue weighted by Gasteiger charge is -2.32. The number of nitrogens with zero attached hydrogens (tertiary/aromatic N) is 1. The van der Waals surface area contributed by atoms with E-state index in [-0.39, 0.29) is 12.2 Å². The van der Waals surface area contributed by atoms with Gasteiger partial charge in [0.05, 0.1) is 38.9 Å². The molecule has 0 spiro atoms. The van der Waals surface area contributed by atoms with Crippen LogP contribution in [0.25, 0.3) is 0 Å². The van der Waals surface area contributed by atoms with Gasteiger partial charge in [-0.1, -0.05) is 31.5 Å². The Labute approximate surface area is 209 Å². The monoisotopic (exact) mass is 494 g/mol. The van der Waals surface area contributed by atoms with E-state index in [1.54, 1.807) is 36.4 Å². The Morgan fingerprint density at radius 2 is 1.78 bits per heavy atom. The van der Waals surface area contributed by atoms with Crippen LogP contribution in [0.5, 0.6) is 11.5 Å². The average molecular weight is 495 g/mol. The maximum atomic E-state index is 14.0. The second-order valence-corrected chi connectivity index (χ2v) is 9.06. The van der Waals surface area contributed by atoms with Crippen LogP contribution >= 0.6 is 0 Å². The third-order valence-corrected chi connectivity index (χ3v) is 7.13. The molecule has 2 aromatic rings. The number of esters is 1. The van der Waals surface area contributed by atoms with Gasteiger partial charge in [-0.2, -0.15) is 0 Å². The number of hydrogen-bond donors (Lipinski definition) is 1. The molecule has 0 saturated carbocycles. The van der Waals surface area contributed by atoms with E-state index in [0.29, 0.717) is 34.7 Å². The Kier molecular flexibility index (Phi) is 6.86.